The summed E-state index contributed by atoms with van der Waals surface area (Å²) in [6.45, 7) is 0.628. The van der Waals surface area contributed by atoms with Crippen molar-refractivity contribution in [1.82, 2.24) is 50.0 Å². The second kappa shape index (κ2) is 11.5. The summed E-state index contributed by atoms with van der Waals surface area (Å²) in [6.07, 6.45) is 3.00. The summed E-state index contributed by atoms with van der Waals surface area (Å²) in [5, 5.41) is 14.3. The number of methoxy groups -OCH3 is 1. The van der Waals surface area contributed by atoms with E-state index in [0.29, 0.717) is 47.2 Å². The first kappa shape index (κ1) is 27.2. The van der Waals surface area contributed by atoms with Gasteiger partial charge in [-0.1, -0.05) is 11.6 Å². The average Bonchev–Trinajstić information content (AvgIpc) is 3.74. The maximum Gasteiger partial charge on any atom is 0.412 e. The molecule has 0 radical (unpaired) electrons. The van der Waals surface area contributed by atoms with Gasteiger partial charge in [0.05, 0.1) is 35.9 Å². The molecular weight excluding hydrogens is 571 g/mol. The summed E-state index contributed by atoms with van der Waals surface area (Å²) < 4.78 is 28.0. The fourth-order valence-electron chi connectivity index (χ4n) is 4.71. The zero-order valence-corrected chi connectivity index (χ0v) is 22.7. The maximum absolute atomic E-state index is 15.0. The third-order valence-electron chi connectivity index (χ3n) is 6.58. The standard InChI is InChI=1S/C26H22ClFN10O4/c1-41-9-8-29-26(40)42-15-3-4-17(30-12-15)23-24(28)34-25(33-23)20-6-7-21-32-18(11-22(39)38(20)21)16-10-14(27)2-5-19(16)37-13-31-35-36-37/h2-5,10-13,20H,6-9H2,1H3,(H,29,40)(H,33,34)/t20-/m0/s1. The Morgan fingerprint density at radius 3 is 2.86 bits per heavy atom. The fourth-order valence-corrected chi connectivity index (χ4v) is 4.88. The molecule has 0 saturated carbocycles. The predicted octanol–water partition coefficient (Wildman–Crippen LogP) is 2.73. The van der Waals surface area contributed by atoms with Crippen LogP contribution in [0.5, 0.6) is 5.75 Å². The highest BCUT2D eigenvalue weighted by molar-refractivity contribution is 6.31. The molecule has 0 spiro atoms. The summed E-state index contributed by atoms with van der Waals surface area (Å²) in [6, 6.07) is 8.93. The van der Waals surface area contributed by atoms with Crippen LogP contribution in [0.2, 0.25) is 5.02 Å². The second-order valence-corrected chi connectivity index (χ2v) is 9.65. The number of H-pyrrole nitrogens is 1. The van der Waals surface area contributed by atoms with E-state index in [4.69, 9.17) is 26.1 Å². The molecular formula is C26H22ClFN10O4. The van der Waals surface area contributed by atoms with E-state index in [1.54, 1.807) is 18.2 Å². The van der Waals surface area contributed by atoms with Crippen LogP contribution >= 0.6 is 11.6 Å². The Kier molecular flexibility index (Phi) is 7.41. The van der Waals surface area contributed by atoms with Gasteiger partial charge in [-0.25, -0.2) is 14.8 Å². The van der Waals surface area contributed by atoms with E-state index >= 15 is 0 Å². The summed E-state index contributed by atoms with van der Waals surface area (Å²) >= 11 is 6.26. The van der Waals surface area contributed by atoms with E-state index in [1.807, 2.05) is 0 Å². The molecule has 0 bridgehead atoms. The zero-order valence-electron chi connectivity index (χ0n) is 22.0. The number of aromatic nitrogens is 9. The highest BCUT2D eigenvalue weighted by Crippen LogP contribution is 2.33. The minimum Gasteiger partial charge on any atom is -0.409 e. The molecule has 1 amide bonds. The van der Waals surface area contributed by atoms with Crippen molar-refractivity contribution < 1.29 is 18.7 Å². The van der Waals surface area contributed by atoms with Crippen LogP contribution in [0.4, 0.5) is 9.18 Å². The van der Waals surface area contributed by atoms with Crippen LogP contribution in [0.1, 0.15) is 24.1 Å². The number of carbonyl (C=O) groups excluding carboxylic acids is 1. The van der Waals surface area contributed by atoms with E-state index in [-0.39, 0.29) is 35.1 Å². The Bertz CT molecular complexity index is 1810. The number of halogens is 2. The number of benzene rings is 1. The molecule has 5 aromatic rings. The van der Waals surface area contributed by atoms with Crippen LogP contribution < -0.4 is 15.6 Å². The molecule has 42 heavy (non-hydrogen) atoms. The third-order valence-corrected chi connectivity index (χ3v) is 6.82. The van der Waals surface area contributed by atoms with Gasteiger partial charge in [-0.05, 0) is 47.2 Å². The van der Waals surface area contributed by atoms with Crippen LogP contribution in [-0.4, -0.2) is 71.1 Å². The van der Waals surface area contributed by atoms with E-state index in [1.165, 1.54) is 47.1 Å². The largest absolute Gasteiger partial charge is 0.412 e. The SMILES string of the molecule is COCCNC(=O)Oc1ccc(-c2[nH]c([C@@H]3CCc4nc(-c5cc(Cl)ccc5-n5cnnn5)cc(=O)n43)nc2F)nc1. The number of pyridine rings is 1. The zero-order chi connectivity index (χ0) is 29.2. The number of aryl methyl sites for hydroxylation is 1. The molecule has 0 saturated heterocycles. The topological polar surface area (TPSA) is 168 Å². The summed E-state index contributed by atoms with van der Waals surface area (Å²) in [7, 11) is 1.52. The minimum absolute atomic E-state index is 0.0391. The number of fused-ring (bicyclic) bond motifs is 1. The first-order valence-electron chi connectivity index (χ1n) is 12.7. The highest BCUT2D eigenvalue weighted by Gasteiger charge is 2.30. The Balaban J connectivity index is 1.25. The van der Waals surface area contributed by atoms with Crippen LogP contribution in [0, 0.1) is 5.95 Å². The monoisotopic (exact) mass is 592 g/mol. The van der Waals surface area contributed by atoms with E-state index in [2.05, 4.69) is 35.8 Å². The van der Waals surface area contributed by atoms with Gasteiger partial charge in [-0.3, -0.25) is 14.3 Å². The molecule has 1 atom stereocenters. The Morgan fingerprint density at radius 1 is 1.21 bits per heavy atom. The molecule has 0 fully saturated rings. The van der Waals surface area contributed by atoms with Gasteiger partial charge in [-0.2, -0.15) is 9.07 Å². The van der Waals surface area contributed by atoms with Crippen molar-refractivity contribution in [3.05, 3.63) is 81.9 Å². The van der Waals surface area contributed by atoms with Crippen molar-refractivity contribution >= 4 is 17.7 Å². The van der Waals surface area contributed by atoms with E-state index in [0.717, 1.165) is 0 Å². The lowest BCUT2D eigenvalue weighted by Gasteiger charge is -2.14. The van der Waals surface area contributed by atoms with Crippen molar-refractivity contribution in [3.63, 3.8) is 0 Å². The summed E-state index contributed by atoms with van der Waals surface area (Å²) in [5.41, 5.74) is 1.54. The summed E-state index contributed by atoms with van der Waals surface area (Å²) in [4.78, 5) is 41.2. The lowest BCUT2D eigenvalue weighted by atomic mass is 10.1. The highest BCUT2D eigenvalue weighted by atomic mass is 35.5. The van der Waals surface area contributed by atoms with Gasteiger partial charge in [0.25, 0.3) is 5.56 Å². The Morgan fingerprint density at radius 2 is 2.10 bits per heavy atom. The third kappa shape index (κ3) is 5.34. The quantitative estimate of drug-likeness (QED) is 0.256. The number of carbonyl (C=O) groups is 1. The van der Waals surface area contributed by atoms with Crippen LogP contribution in [-0.2, 0) is 11.2 Å². The molecule has 5 heterocycles. The first-order chi connectivity index (χ1) is 20.4. The number of ether oxygens (including phenoxy) is 2. The number of aromatic amines is 1. The molecule has 6 rings (SSSR count). The molecule has 14 nitrogen and oxygen atoms in total. The number of nitrogens with zero attached hydrogens (tertiary/aromatic N) is 8. The molecule has 1 aromatic carbocycles. The number of hydrogen-bond acceptors (Lipinski definition) is 10. The maximum atomic E-state index is 15.0. The van der Waals surface area contributed by atoms with Crippen molar-refractivity contribution in [2.24, 2.45) is 0 Å². The van der Waals surface area contributed by atoms with Gasteiger partial charge in [0.2, 0.25) is 5.95 Å². The van der Waals surface area contributed by atoms with Crippen molar-refractivity contribution in [1.29, 1.82) is 0 Å². The number of tetrazole rings is 1. The van der Waals surface area contributed by atoms with Crippen molar-refractivity contribution in [2.45, 2.75) is 18.9 Å². The Labute approximate surface area is 241 Å². The molecule has 1 aliphatic heterocycles. The lowest BCUT2D eigenvalue weighted by Crippen LogP contribution is -2.29. The van der Waals surface area contributed by atoms with Crippen LogP contribution in [0.25, 0.3) is 28.3 Å². The molecule has 2 N–H and O–H groups in total. The first-order valence-corrected chi connectivity index (χ1v) is 13.1. The predicted molar refractivity (Wildman–Crippen MR) is 146 cm³/mol. The number of imidazole rings is 1. The number of amides is 1. The molecule has 0 aliphatic carbocycles. The van der Waals surface area contributed by atoms with Crippen LogP contribution in [0.3, 0.4) is 0 Å². The fraction of sp³-hybridized carbons (Fsp3) is 0.231. The van der Waals surface area contributed by atoms with Gasteiger partial charge in [-0.15, -0.1) is 5.10 Å². The summed E-state index contributed by atoms with van der Waals surface area (Å²) in [5.74, 6) is 0.177. The smallest absolute Gasteiger partial charge is 0.409 e. The lowest BCUT2D eigenvalue weighted by molar-refractivity contribution is 0.180. The molecule has 0 unspecified atom stereocenters. The molecule has 214 valence electrons. The minimum atomic E-state index is -0.778. The van der Waals surface area contributed by atoms with Crippen LogP contribution in [0.15, 0.2) is 53.7 Å². The average molecular weight is 593 g/mol. The van der Waals surface area contributed by atoms with Crippen molar-refractivity contribution in [2.75, 3.05) is 20.3 Å². The van der Waals surface area contributed by atoms with Gasteiger partial charge < -0.3 is 19.8 Å². The number of nitrogens with one attached hydrogen (secondary N) is 2. The second-order valence-electron chi connectivity index (χ2n) is 9.21. The van der Waals surface area contributed by atoms with Gasteiger partial charge in [0.15, 0.2) is 5.75 Å². The molecule has 16 heteroatoms. The van der Waals surface area contributed by atoms with Gasteiger partial charge in [0, 0.05) is 36.7 Å². The van der Waals surface area contributed by atoms with Gasteiger partial charge in [0.1, 0.15) is 23.7 Å². The van der Waals surface area contributed by atoms with E-state index < -0.39 is 18.1 Å². The van der Waals surface area contributed by atoms with E-state index in [9.17, 15) is 14.0 Å². The molecule has 1 aliphatic rings. The van der Waals surface area contributed by atoms with Gasteiger partial charge >= 0.3 is 6.09 Å². The number of hydrogen-bond donors (Lipinski definition) is 2. The molecule has 4 aromatic heterocycles. The normalized spacial score (nSPS) is 14.1. The van der Waals surface area contributed by atoms with Crippen molar-refractivity contribution in [3.8, 4) is 34.1 Å². The number of rotatable bonds is 8. The Hall–Kier alpha value is -5.02.